The summed E-state index contributed by atoms with van der Waals surface area (Å²) in [7, 11) is 0. The zero-order valence-corrected chi connectivity index (χ0v) is 15.8. The third kappa shape index (κ3) is 5.87. The molecule has 2 aromatic carbocycles. The first kappa shape index (κ1) is 18.9. The Balaban J connectivity index is 1.96. The fourth-order valence-electron chi connectivity index (χ4n) is 2.28. The summed E-state index contributed by atoms with van der Waals surface area (Å²) < 4.78 is 5.65. The Morgan fingerprint density at radius 1 is 1.04 bits per heavy atom. The Labute approximate surface area is 154 Å². The molecule has 0 atom stereocenters. The van der Waals surface area contributed by atoms with Crippen molar-refractivity contribution in [2.24, 2.45) is 0 Å². The summed E-state index contributed by atoms with van der Waals surface area (Å²) in [5, 5.41) is 5.95. The molecule has 0 saturated carbocycles. The Morgan fingerprint density at radius 3 is 2.32 bits per heavy atom. The predicted octanol–water partition coefficient (Wildman–Crippen LogP) is 4.72. The smallest absolute Gasteiger partial charge is 0.257 e. The van der Waals surface area contributed by atoms with Crippen LogP contribution in [0, 0.1) is 0 Å². The van der Waals surface area contributed by atoms with Crippen LogP contribution in [0.25, 0.3) is 0 Å². The van der Waals surface area contributed by atoms with Crippen LogP contribution in [-0.4, -0.2) is 17.1 Å². The Hall–Kier alpha value is -2.40. The summed E-state index contributed by atoms with van der Waals surface area (Å²) in [6.07, 6.45) is 0.0933. The highest BCUT2D eigenvalue weighted by atomic mass is 32.1. The Kier molecular flexibility index (Phi) is 6.53. The van der Waals surface area contributed by atoms with Gasteiger partial charge >= 0.3 is 0 Å². The van der Waals surface area contributed by atoms with Gasteiger partial charge in [0.15, 0.2) is 5.11 Å². The number of benzene rings is 2. The summed E-state index contributed by atoms with van der Waals surface area (Å²) in [6, 6.07) is 15.0. The van der Waals surface area contributed by atoms with E-state index in [1.165, 1.54) is 5.56 Å². The van der Waals surface area contributed by atoms with E-state index in [0.717, 1.165) is 11.4 Å². The molecule has 0 aromatic heterocycles. The fraction of sp³-hybridized carbons (Fsp3) is 0.300. The molecule has 0 bridgehead atoms. The van der Waals surface area contributed by atoms with Gasteiger partial charge in [-0.2, -0.15) is 0 Å². The fourth-order valence-corrected chi connectivity index (χ4v) is 2.49. The number of thiocarbonyl (C=S) groups is 1. The van der Waals surface area contributed by atoms with E-state index < -0.39 is 0 Å². The number of ether oxygens (including phenoxy) is 1. The maximum atomic E-state index is 12.3. The van der Waals surface area contributed by atoms with E-state index in [1.54, 1.807) is 0 Å². The number of carbonyl (C=O) groups is 1. The van der Waals surface area contributed by atoms with Crippen molar-refractivity contribution in [3.05, 3.63) is 59.7 Å². The molecule has 0 aliphatic heterocycles. The molecule has 2 rings (SSSR count). The van der Waals surface area contributed by atoms with E-state index in [1.807, 2.05) is 62.4 Å². The van der Waals surface area contributed by atoms with Gasteiger partial charge in [-0.3, -0.25) is 10.1 Å². The molecular formula is C20H24N2O2S. The van der Waals surface area contributed by atoms with Gasteiger partial charge in [0.1, 0.15) is 5.75 Å². The van der Waals surface area contributed by atoms with E-state index in [9.17, 15) is 4.79 Å². The standard InChI is InChI=1S/C20H24N2O2S/c1-13(2)15-8-10-16(11-9-15)19(23)22-20(25)21-17-6-5-7-18(12-17)24-14(3)4/h5-14H,1-4H3,(H2,21,22,23,25). The summed E-state index contributed by atoms with van der Waals surface area (Å²) >= 11 is 5.23. The number of nitrogens with one attached hydrogen (secondary N) is 2. The molecular weight excluding hydrogens is 332 g/mol. The minimum atomic E-state index is -0.234. The van der Waals surface area contributed by atoms with Gasteiger partial charge in [-0.1, -0.05) is 32.0 Å². The third-order valence-corrected chi connectivity index (χ3v) is 3.73. The highest BCUT2D eigenvalue weighted by molar-refractivity contribution is 7.80. The Morgan fingerprint density at radius 2 is 1.72 bits per heavy atom. The molecule has 0 unspecified atom stereocenters. The molecule has 0 spiro atoms. The largest absolute Gasteiger partial charge is 0.491 e. The molecule has 0 saturated heterocycles. The number of hydrogen-bond acceptors (Lipinski definition) is 3. The number of amides is 1. The average molecular weight is 356 g/mol. The number of carbonyl (C=O) groups excluding carboxylic acids is 1. The van der Waals surface area contributed by atoms with Crippen molar-refractivity contribution in [1.29, 1.82) is 0 Å². The van der Waals surface area contributed by atoms with Crippen molar-refractivity contribution in [1.82, 2.24) is 5.32 Å². The van der Waals surface area contributed by atoms with Crippen molar-refractivity contribution in [2.75, 3.05) is 5.32 Å². The van der Waals surface area contributed by atoms with Gasteiger partial charge in [0, 0.05) is 17.3 Å². The molecule has 25 heavy (non-hydrogen) atoms. The van der Waals surface area contributed by atoms with Crippen LogP contribution in [0.4, 0.5) is 5.69 Å². The monoisotopic (exact) mass is 356 g/mol. The van der Waals surface area contributed by atoms with Crippen LogP contribution in [0.2, 0.25) is 0 Å². The van der Waals surface area contributed by atoms with Gasteiger partial charge in [-0.15, -0.1) is 0 Å². The molecule has 2 N–H and O–H groups in total. The molecule has 5 heteroatoms. The Bertz CT molecular complexity index is 740. The normalized spacial score (nSPS) is 10.6. The first-order valence-electron chi connectivity index (χ1n) is 8.34. The lowest BCUT2D eigenvalue weighted by Crippen LogP contribution is -2.34. The van der Waals surface area contributed by atoms with Crippen LogP contribution >= 0.6 is 12.2 Å². The van der Waals surface area contributed by atoms with Crippen molar-refractivity contribution in [3.8, 4) is 5.75 Å². The molecule has 0 radical (unpaired) electrons. The maximum Gasteiger partial charge on any atom is 0.257 e. The third-order valence-electron chi connectivity index (χ3n) is 3.53. The second-order valence-corrected chi connectivity index (χ2v) is 6.79. The molecule has 1 amide bonds. The van der Waals surface area contributed by atoms with Crippen molar-refractivity contribution in [2.45, 2.75) is 39.7 Å². The highest BCUT2D eigenvalue weighted by Crippen LogP contribution is 2.18. The summed E-state index contributed by atoms with van der Waals surface area (Å²) in [5.41, 5.74) is 2.53. The van der Waals surface area contributed by atoms with Crippen LogP contribution < -0.4 is 15.4 Å². The van der Waals surface area contributed by atoms with Crippen molar-refractivity contribution >= 4 is 28.9 Å². The first-order chi connectivity index (χ1) is 11.8. The van der Waals surface area contributed by atoms with Crippen LogP contribution in [0.1, 0.15) is 49.5 Å². The van der Waals surface area contributed by atoms with Gasteiger partial charge in [0.25, 0.3) is 5.91 Å². The van der Waals surface area contributed by atoms with Crippen LogP contribution in [-0.2, 0) is 0 Å². The molecule has 0 aliphatic carbocycles. The average Bonchev–Trinajstić information content (AvgIpc) is 2.54. The van der Waals surface area contributed by atoms with E-state index in [-0.39, 0.29) is 17.1 Å². The molecule has 132 valence electrons. The van der Waals surface area contributed by atoms with Crippen LogP contribution in [0.15, 0.2) is 48.5 Å². The molecule has 0 heterocycles. The van der Waals surface area contributed by atoms with Crippen LogP contribution in [0.3, 0.4) is 0 Å². The van der Waals surface area contributed by atoms with E-state index in [4.69, 9.17) is 17.0 Å². The second kappa shape index (κ2) is 8.62. The molecule has 0 aliphatic rings. The van der Waals surface area contributed by atoms with E-state index in [2.05, 4.69) is 24.5 Å². The quantitative estimate of drug-likeness (QED) is 0.761. The summed E-state index contributed by atoms with van der Waals surface area (Å²) in [6.45, 7) is 8.17. The lowest BCUT2D eigenvalue weighted by Gasteiger charge is -2.13. The van der Waals surface area contributed by atoms with E-state index in [0.29, 0.717) is 11.5 Å². The molecule has 0 fully saturated rings. The first-order valence-corrected chi connectivity index (χ1v) is 8.75. The SMILES string of the molecule is CC(C)Oc1cccc(NC(=S)NC(=O)c2ccc(C(C)C)cc2)c1. The van der Waals surface area contributed by atoms with Crippen LogP contribution in [0.5, 0.6) is 5.75 Å². The number of anilines is 1. The van der Waals surface area contributed by atoms with Gasteiger partial charge in [0.05, 0.1) is 6.10 Å². The lowest BCUT2D eigenvalue weighted by molar-refractivity contribution is 0.0977. The van der Waals surface area contributed by atoms with Crippen molar-refractivity contribution in [3.63, 3.8) is 0 Å². The zero-order chi connectivity index (χ0) is 18.4. The van der Waals surface area contributed by atoms with Gasteiger partial charge < -0.3 is 10.1 Å². The number of hydrogen-bond donors (Lipinski definition) is 2. The molecule has 2 aromatic rings. The van der Waals surface area contributed by atoms with Gasteiger partial charge in [-0.25, -0.2) is 0 Å². The van der Waals surface area contributed by atoms with Gasteiger partial charge in [-0.05, 0) is 61.8 Å². The molecule has 4 nitrogen and oxygen atoms in total. The predicted molar refractivity (Wildman–Crippen MR) is 106 cm³/mol. The minimum absolute atomic E-state index is 0.0933. The van der Waals surface area contributed by atoms with E-state index >= 15 is 0 Å². The lowest BCUT2D eigenvalue weighted by atomic mass is 10.0. The number of rotatable bonds is 5. The zero-order valence-electron chi connectivity index (χ0n) is 15.0. The topological polar surface area (TPSA) is 50.4 Å². The van der Waals surface area contributed by atoms with Gasteiger partial charge in [0.2, 0.25) is 0 Å². The summed E-state index contributed by atoms with van der Waals surface area (Å²) in [4.78, 5) is 12.3. The minimum Gasteiger partial charge on any atom is -0.491 e. The van der Waals surface area contributed by atoms with Crippen molar-refractivity contribution < 1.29 is 9.53 Å². The maximum absolute atomic E-state index is 12.3. The second-order valence-electron chi connectivity index (χ2n) is 6.38. The highest BCUT2D eigenvalue weighted by Gasteiger charge is 2.09. The summed E-state index contributed by atoms with van der Waals surface area (Å²) in [5.74, 6) is 0.945.